The number of rotatable bonds is 2. The number of anilines is 2. The van der Waals surface area contributed by atoms with E-state index < -0.39 is 23.6 Å². The summed E-state index contributed by atoms with van der Waals surface area (Å²) >= 11 is 0. The van der Waals surface area contributed by atoms with Gasteiger partial charge in [0.25, 0.3) is 0 Å². The summed E-state index contributed by atoms with van der Waals surface area (Å²) in [5, 5.41) is 4.50. The lowest BCUT2D eigenvalue weighted by molar-refractivity contribution is -0.137. The molecule has 0 fully saturated rings. The van der Waals surface area contributed by atoms with Crippen molar-refractivity contribution in [3.05, 3.63) is 59.7 Å². The van der Waals surface area contributed by atoms with Gasteiger partial charge in [-0.2, -0.15) is 13.2 Å². The molecule has 0 aliphatic rings. The summed E-state index contributed by atoms with van der Waals surface area (Å²) in [6.07, 6.45) is -4.52. The maximum Gasteiger partial charge on any atom is 0.416 e. The smallest absolute Gasteiger partial charge is 0.318 e. The van der Waals surface area contributed by atoms with Gasteiger partial charge in [0.15, 0.2) is 0 Å². The number of nitrogens with one attached hydrogen (secondary N) is 2. The molecule has 2 aromatic rings. The highest BCUT2D eigenvalue weighted by Gasteiger charge is 2.30. The minimum Gasteiger partial charge on any atom is -0.318 e. The molecule has 23 heavy (non-hydrogen) atoms. The molecular formula is C16H13F3N2O2. The predicted molar refractivity (Wildman–Crippen MR) is 79.9 cm³/mol. The van der Waals surface area contributed by atoms with Gasteiger partial charge in [-0.3, -0.25) is 9.59 Å². The highest BCUT2D eigenvalue weighted by molar-refractivity contribution is 6.43. The van der Waals surface area contributed by atoms with Crippen molar-refractivity contribution in [3.8, 4) is 0 Å². The molecular weight excluding hydrogens is 309 g/mol. The molecule has 0 aliphatic heterocycles. The van der Waals surface area contributed by atoms with Crippen LogP contribution in [0.5, 0.6) is 0 Å². The maximum atomic E-state index is 12.6. The Hall–Kier alpha value is -2.83. The lowest BCUT2D eigenvalue weighted by atomic mass is 10.2. The Balaban J connectivity index is 2.04. The second kappa shape index (κ2) is 6.51. The third-order valence-electron chi connectivity index (χ3n) is 2.96. The SMILES string of the molecule is Cc1ccc(NC(=O)C(=O)Nc2cccc(C(F)(F)F)c2)cc1. The largest absolute Gasteiger partial charge is 0.416 e. The summed E-state index contributed by atoms with van der Waals surface area (Å²) in [5.74, 6) is -2.02. The zero-order valence-electron chi connectivity index (χ0n) is 12.1. The zero-order valence-corrected chi connectivity index (χ0v) is 12.1. The van der Waals surface area contributed by atoms with Gasteiger partial charge in [-0.15, -0.1) is 0 Å². The van der Waals surface area contributed by atoms with E-state index in [1.165, 1.54) is 6.07 Å². The van der Waals surface area contributed by atoms with E-state index in [0.717, 1.165) is 23.8 Å². The van der Waals surface area contributed by atoms with E-state index >= 15 is 0 Å². The monoisotopic (exact) mass is 322 g/mol. The van der Waals surface area contributed by atoms with Gasteiger partial charge in [-0.05, 0) is 37.3 Å². The number of amides is 2. The Morgan fingerprint density at radius 2 is 1.43 bits per heavy atom. The van der Waals surface area contributed by atoms with Gasteiger partial charge in [0.05, 0.1) is 5.56 Å². The van der Waals surface area contributed by atoms with Crippen molar-refractivity contribution in [2.24, 2.45) is 0 Å². The van der Waals surface area contributed by atoms with Crippen molar-refractivity contribution in [3.63, 3.8) is 0 Å². The molecule has 0 saturated heterocycles. The molecule has 2 amide bonds. The molecule has 0 atom stereocenters. The molecule has 0 aromatic heterocycles. The summed E-state index contributed by atoms with van der Waals surface area (Å²) in [4.78, 5) is 23.5. The van der Waals surface area contributed by atoms with E-state index in [1.54, 1.807) is 24.3 Å². The van der Waals surface area contributed by atoms with E-state index in [1.807, 2.05) is 6.92 Å². The fraction of sp³-hybridized carbons (Fsp3) is 0.125. The van der Waals surface area contributed by atoms with Gasteiger partial charge in [0.2, 0.25) is 0 Å². The van der Waals surface area contributed by atoms with E-state index in [-0.39, 0.29) is 5.69 Å². The highest BCUT2D eigenvalue weighted by Crippen LogP contribution is 2.30. The fourth-order valence-electron chi connectivity index (χ4n) is 1.79. The van der Waals surface area contributed by atoms with E-state index in [9.17, 15) is 22.8 Å². The number of carbonyl (C=O) groups is 2. The van der Waals surface area contributed by atoms with Crippen LogP contribution in [0.25, 0.3) is 0 Å². The summed E-state index contributed by atoms with van der Waals surface area (Å²) in [6, 6.07) is 10.8. The first-order chi connectivity index (χ1) is 10.8. The molecule has 2 aromatic carbocycles. The average molecular weight is 322 g/mol. The molecule has 0 bridgehead atoms. The number of carbonyl (C=O) groups excluding carboxylic acids is 2. The van der Waals surface area contributed by atoms with Gasteiger partial charge >= 0.3 is 18.0 Å². The Bertz CT molecular complexity index is 725. The van der Waals surface area contributed by atoms with Crippen LogP contribution >= 0.6 is 0 Å². The molecule has 0 heterocycles. The van der Waals surface area contributed by atoms with Crippen LogP contribution in [0.4, 0.5) is 24.5 Å². The second-order valence-corrected chi connectivity index (χ2v) is 4.85. The molecule has 4 nitrogen and oxygen atoms in total. The van der Waals surface area contributed by atoms with Gasteiger partial charge < -0.3 is 10.6 Å². The Morgan fingerprint density at radius 3 is 2.00 bits per heavy atom. The molecule has 0 radical (unpaired) electrons. The molecule has 7 heteroatoms. The van der Waals surface area contributed by atoms with Crippen molar-refractivity contribution in [1.29, 1.82) is 0 Å². The maximum absolute atomic E-state index is 12.6. The fourth-order valence-corrected chi connectivity index (χ4v) is 1.79. The molecule has 0 spiro atoms. The molecule has 0 unspecified atom stereocenters. The lowest BCUT2D eigenvalue weighted by Gasteiger charge is -2.10. The summed E-state index contributed by atoms with van der Waals surface area (Å²) in [7, 11) is 0. The molecule has 0 saturated carbocycles. The first-order valence-electron chi connectivity index (χ1n) is 6.62. The van der Waals surface area contributed by atoms with Crippen LogP contribution in [0.1, 0.15) is 11.1 Å². The van der Waals surface area contributed by atoms with E-state index in [4.69, 9.17) is 0 Å². The van der Waals surface area contributed by atoms with Gasteiger partial charge in [-0.1, -0.05) is 23.8 Å². The van der Waals surface area contributed by atoms with Crippen molar-refractivity contribution >= 4 is 23.2 Å². The Morgan fingerprint density at radius 1 is 0.870 bits per heavy atom. The quantitative estimate of drug-likeness (QED) is 0.830. The Labute approximate surface area is 130 Å². The number of alkyl halides is 3. The van der Waals surface area contributed by atoms with Crippen molar-refractivity contribution in [2.45, 2.75) is 13.1 Å². The van der Waals surface area contributed by atoms with Gasteiger partial charge in [0, 0.05) is 11.4 Å². The zero-order chi connectivity index (χ0) is 17.0. The standard InChI is InChI=1S/C16H13F3N2O2/c1-10-5-7-12(8-6-10)20-14(22)15(23)21-13-4-2-3-11(9-13)16(17,18)19/h2-9H,1H3,(H,20,22)(H,21,23). The molecule has 2 rings (SSSR count). The average Bonchev–Trinajstić information content (AvgIpc) is 2.49. The first-order valence-corrected chi connectivity index (χ1v) is 6.62. The minimum atomic E-state index is -4.52. The van der Waals surface area contributed by atoms with Crippen LogP contribution in [-0.2, 0) is 15.8 Å². The topological polar surface area (TPSA) is 58.2 Å². The molecule has 0 aliphatic carbocycles. The van der Waals surface area contributed by atoms with Gasteiger partial charge in [0.1, 0.15) is 0 Å². The summed E-state index contributed by atoms with van der Waals surface area (Å²) in [6.45, 7) is 1.87. The number of aryl methyl sites for hydroxylation is 1. The number of hydrogen-bond acceptors (Lipinski definition) is 2. The summed E-state index contributed by atoms with van der Waals surface area (Å²) < 4.78 is 37.8. The molecule has 120 valence electrons. The van der Waals surface area contributed by atoms with Crippen LogP contribution in [0.15, 0.2) is 48.5 Å². The van der Waals surface area contributed by atoms with Crippen LogP contribution < -0.4 is 10.6 Å². The van der Waals surface area contributed by atoms with E-state index in [2.05, 4.69) is 10.6 Å². The van der Waals surface area contributed by atoms with E-state index in [0.29, 0.717) is 5.69 Å². The molecule has 2 N–H and O–H groups in total. The van der Waals surface area contributed by atoms with Crippen molar-refractivity contribution in [2.75, 3.05) is 10.6 Å². The van der Waals surface area contributed by atoms with Crippen LogP contribution in [-0.4, -0.2) is 11.8 Å². The normalized spacial score (nSPS) is 11.0. The first kappa shape index (κ1) is 16.5. The van der Waals surface area contributed by atoms with Gasteiger partial charge in [-0.25, -0.2) is 0 Å². The number of benzene rings is 2. The predicted octanol–water partition coefficient (Wildman–Crippen LogP) is 3.59. The van der Waals surface area contributed by atoms with Crippen LogP contribution in [0.3, 0.4) is 0 Å². The third kappa shape index (κ3) is 4.57. The highest BCUT2D eigenvalue weighted by atomic mass is 19.4. The Kier molecular flexibility index (Phi) is 4.68. The number of halogens is 3. The minimum absolute atomic E-state index is 0.108. The van der Waals surface area contributed by atoms with Crippen LogP contribution in [0, 0.1) is 6.92 Å². The second-order valence-electron chi connectivity index (χ2n) is 4.85. The number of hydrogen-bond donors (Lipinski definition) is 2. The van der Waals surface area contributed by atoms with Crippen molar-refractivity contribution in [1.82, 2.24) is 0 Å². The lowest BCUT2D eigenvalue weighted by Crippen LogP contribution is -2.29. The van der Waals surface area contributed by atoms with Crippen LogP contribution in [0.2, 0.25) is 0 Å². The van der Waals surface area contributed by atoms with Crippen molar-refractivity contribution < 1.29 is 22.8 Å². The summed E-state index contributed by atoms with van der Waals surface area (Å²) in [5.41, 5.74) is 0.384. The third-order valence-corrected chi connectivity index (χ3v) is 2.96.